The van der Waals surface area contributed by atoms with Crippen LogP contribution in [0.3, 0.4) is 0 Å². The van der Waals surface area contributed by atoms with Crippen LogP contribution in [0.15, 0.2) is 42.5 Å². The Bertz CT molecular complexity index is 640. The molecule has 3 rings (SSSR count). The summed E-state index contributed by atoms with van der Waals surface area (Å²) in [7, 11) is 0. The topological polar surface area (TPSA) is 29.1 Å². The molecule has 2 nitrogen and oxygen atoms in total. The summed E-state index contributed by atoms with van der Waals surface area (Å²) in [6.45, 7) is 0. The highest BCUT2D eigenvalue weighted by molar-refractivity contribution is 9.09. The molecule has 21 heavy (non-hydrogen) atoms. The van der Waals surface area contributed by atoms with E-state index in [1.807, 2.05) is 18.2 Å². The quantitative estimate of drug-likeness (QED) is 0.829. The first-order chi connectivity index (χ1) is 10.2. The molecule has 0 spiro atoms. The normalized spacial score (nSPS) is 22.1. The van der Waals surface area contributed by atoms with Gasteiger partial charge >= 0.3 is 0 Å². The second-order valence-corrected chi connectivity index (χ2v) is 7.01. The molecule has 1 aliphatic carbocycles. The summed E-state index contributed by atoms with van der Waals surface area (Å²) in [6.07, 6.45) is 5.16. The third-order valence-corrected chi connectivity index (χ3v) is 5.30. The number of hydrogen-bond donors (Lipinski definition) is 1. The van der Waals surface area contributed by atoms with Gasteiger partial charge in [-0.2, -0.15) is 0 Å². The third-order valence-electron chi connectivity index (χ3n) is 4.21. The van der Waals surface area contributed by atoms with Crippen molar-refractivity contribution >= 4 is 32.6 Å². The van der Waals surface area contributed by atoms with Crippen LogP contribution in [0.5, 0.6) is 0 Å². The van der Waals surface area contributed by atoms with Gasteiger partial charge in [-0.15, -0.1) is 0 Å². The molecule has 1 aliphatic rings. The molecule has 0 radical (unpaired) electrons. The summed E-state index contributed by atoms with van der Waals surface area (Å²) < 4.78 is 0. The molecule has 1 fully saturated rings. The molecule has 110 valence electrons. The van der Waals surface area contributed by atoms with Gasteiger partial charge in [0.25, 0.3) is 0 Å². The SMILES string of the molecule is O=C(Cc1ccc2ccccc2c1)NC1CCCCC1Br. The molecule has 3 heteroatoms. The van der Waals surface area contributed by atoms with Gasteiger partial charge in [0, 0.05) is 10.9 Å². The lowest BCUT2D eigenvalue weighted by Crippen LogP contribution is -2.43. The van der Waals surface area contributed by atoms with Crippen molar-refractivity contribution in [1.29, 1.82) is 0 Å². The van der Waals surface area contributed by atoms with Crippen LogP contribution >= 0.6 is 15.9 Å². The van der Waals surface area contributed by atoms with E-state index < -0.39 is 0 Å². The number of fused-ring (bicyclic) bond motifs is 1. The second-order valence-electron chi connectivity index (χ2n) is 5.83. The van der Waals surface area contributed by atoms with Gasteiger partial charge in [-0.3, -0.25) is 4.79 Å². The molecule has 2 unspecified atom stereocenters. The Morgan fingerprint density at radius 2 is 1.86 bits per heavy atom. The molecule has 0 bridgehead atoms. The number of amides is 1. The van der Waals surface area contributed by atoms with Crippen LogP contribution in [-0.4, -0.2) is 16.8 Å². The number of nitrogens with one attached hydrogen (secondary N) is 1. The first kappa shape index (κ1) is 14.6. The summed E-state index contributed by atoms with van der Waals surface area (Å²) in [6, 6.07) is 14.8. The minimum Gasteiger partial charge on any atom is -0.352 e. The van der Waals surface area contributed by atoms with E-state index in [-0.39, 0.29) is 11.9 Å². The first-order valence-electron chi connectivity index (χ1n) is 7.63. The summed E-state index contributed by atoms with van der Waals surface area (Å²) in [5.74, 6) is 0.127. The van der Waals surface area contributed by atoms with Gasteiger partial charge in [-0.05, 0) is 29.2 Å². The Morgan fingerprint density at radius 1 is 1.10 bits per heavy atom. The molecule has 0 saturated heterocycles. The Balaban J connectivity index is 1.65. The number of benzene rings is 2. The molecule has 2 aromatic rings. The van der Waals surface area contributed by atoms with E-state index >= 15 is 0 Å². The molecule has 2 atom stereocenters. The van der Waals surface area contributed by atoms with Crippen molar-refractivity contribution < 1.29 is 4.79 Å². The van der Waals surface area contributed by atoms with E-state index in [0.29, 0.717) is 11.2 Å². The zero-order valence-electron chi connectivity index (χ0n) is 12.0. The highest BCUT2D eigenvalue weighted by Gasteiger charge is 2.24. The van der Waals surface area contributed by atoms with Gasteiger partial charge < -0.3 is 5.32 Å². The van der Waals surface area contributed by atoms with Crippen LogP contribution in [0.25, 0.3) is 10.8 Å². The van der Waals surface area contributed by atoms with Crippen LogP contribution in [-0.2, 0) is 11.2 Å². The lowest BCUT2D eigenvalue weighted by molar-refractivity contribution is -0.121. The molecule has 2 aromatic carbocycles. The molecular weight excluding hydrogens is 326 g/mol. The van der Waals surface area contributed by atoms with Crippen molar-refractivity contribution in [2.24, 2.45) is 0 Å². The average Bonchev–Trinajstić information content (AvgIpc) is 2.49. The van der Waals surface area contributed by atoms with E-state index in [0.717, 1.165) is 18.4 Å². The smallest absolute Gasteiger partial charge is 0.224 e. The molecule has 1 amide bonds. The van der Waals surface area contributed by atoms with Gasteiger partial charge in [0.1, 0.15) is 0 Å². The van der Waals surface area contributed by atoms with Gasteiger partial charge in [0.05, 0.1) is 6.42 Å². The number of hydrogen-bond acceptors (Lipinski definition) is 1. The second kappa shape index (κ2) is 6.61. The first-order valence-corrected chi connectivity index (χ1v) is 8.55. The van der Waals surface area contributed by atoms with Crippen LogP contribution in [0.2, 0.25) is 0 Å². The fraction of sp³-hybridized carbons (Fsp3) is 0.389. The van der Waals surface area contributed by atoms with Gasteiger partial charge in [0.2, 0.25) is 5.91 Å². The summed E-state index contributed by atoms with van der Waals surface area (Å²) in [5, 5.41) is 5.59. The van der Waals surface area contributed by atoms with Crippen molar-refractivity contribution in [3.8, 4) is 0 Å². The maximum atomic E-state index is 12.2. The maximum absolute atomic E-state index is 12.2. The Kier molecular flexibility index (Phi) is 4.59. The van der Waals surface area contributed by atoms with Gasteiger partial charge in [-0.1, -0.05) is 71.2 Å². The number of carbonyl (C=O) groups is 1. The van der Waals surface area contributed by atoms with Crippen molar-refractivity contribution in [3.05, 3.63) is 48.0 Å². The van der Waals surface area contributed by atoms with Crippen LogP contribution in [0.1, 0.15) is 31.2 Å². The standard InChI is InChI=1S/C18H20BrNO/c19-16-7-3-4-8-17(16)20-18(21)12-13-9-10-14-5-1-2-6-15(14)11-13/h1-2,5-6,9-11,16-17H,3-4,7-8,12H2,(H,20,21). The van der Waals surface area contributed by atoms with Crippen molar-refractivity contribution in [1.82, 2.24) is 5.32 Å². The summed E-state index contributed by atoms with van der Waals surface area (Å²) in [4.78, 5) is 12.7. The fourth-order valence-electron chi connectivity index (χ4n) is 3.04. The van der Waals surface area contributed by atoms with Gasteiger partial charge in [-0.25, -0.2) is 0 Å². The monoisotopic (exact) mass is 345 g/mol. The van der Waals surface area contributed by atoms with Crippen molar-refractivity contribution in [3.63, 3.8) is 0 Å². The number of carbonyl (C=O) groups excluding carboxylic acids is 1. The van der Waals surface area contributed by atoms with E-state index in [9.17, 15) is 4.79 Å². The average molecular weight is 346 g/mol. The molecule has 0 aliphatic heterocycles. The number of alkyl halides is 1. The van der Waals surface area contributed by atoms with Crippen LogP contribution in [0.4, 0.5) is 0 Å². The van der Waals surface area contributed by atoms with Crippen LogP contribution in [0, 0.1) is 0 Å². The Morgan fingerprint density at radius 3 is 2.67 bits per heavy atom. The fourth-order valence-corrected chi connectivity index (χ4v) is 3.76. The zero-order chi connectivity index (χ0) is 14.7. The lowest BCUT2D eigenvalue weighted by Gasteiger charge is -2.28. The summed E-state index contributed by atoms with van der Waals surface area (Å²) >= 11 is 3.69. The lowest BCUT2D eigenvalue weighted by atomic mass is 9.95. The maximum Gasteiger partial charge on any atom is 0.224 e. The van der Waals surface area contributed by atoms with E-state index in [1.54, 1.807) is 0 Å². The molecule has 0 heterocycles. The molecular formula is C18H20BrNO. The highest BCUT2D eigenvalue weighted by atomic mass is 79.9. The predicted molar refractivity (Wildman–Crippen MR) is 90.8 cm³/mol. The Hall–Kier alpha value is -1.35. The largest absolute Gasteiger partial charge is 0.352 e. The van der Waals surface area contributed by atoms with Gasteiger partial charge in [0.15, 0.2) is 0 Å². The van der Waals surface area contributed by atoms with Crippen molar-refractivity contribution in [2.45, 2.75) is 43.0 Å². The molecule has 1 saturated carbocycles. The highest BCUT2D eigenvalue weighted by Crippen LogP contribution is 2.24. The Labute approximate surface area is 134 Å². The van der Waals surface area contributed by atoms with E-state index in [1.165, 1.54) is 23.6 Å². The zero-order valence-corrected chi connectivity index (χ0v) is 13.6. The minimum absolute atomic E-state index is 0.127. The predicted octanol–water partition coefficient (Wildman–Crippen LogP) is 4.20. The minimum atomic E-state index is 0.127. The third kappa shape index (κ3) is 3.65. The van der Waals surface area contributed by atoms with Crippen LogP contribution < -0.4 is 5.32 Å². The van der Waals surface area contributed by atoms with Crippen molar-refractivity contribution in [2.75, 3.05) is 0 Å². The number of rotatable bonds is 3. The summed E-state index contributed by atoms with van der Waals surface area (Å²) in [5.41, 5.74) is 1.08. The number of halogens is 1. The molecule has 0 aromatic heterocycles. The van der Waals surface area contributed by atoms with E-state index in [4.69, 9.17) is 0 Å². The van der Waals surface area contributed by atoms with E-state index in [2.05, 4.69) is 45.5 Å². The molecule has 1 N–H and O–H groups in total.